The van der Waals surface area contributed by atoms with E-state index in [1.165, 1.54) is 10.9 Å². The van der Waals surface area contributed by atoms with Crippen molar-refractivity contribution >= 4 is 39.5 Å². The topological polar surface area (TPSA) is 61.5 Å². The predicted molar refractivity (Wildman–Crippen MR) is 134 cm³/mol. The van der Waals surface area contributed by atoms with Crippen molar-refractivity contribution in [2.45, 2.75) is 29.4 Å². The number of aromatic nitrogens is 2. The van der Waals surface area contributed by atoms with Crippen molar-refractivity contribution in [2.75, 3.05) is 27.7 Å². The van der Waals surface area contributed by atoms with Gasteiger partial charge in [0.15, 0.2) is 5.16 Å². The molecule has 0 saturated carbocycles. The molecule has 170 valence electrons. The van der Waals surface area contributed by atoms with Crippen LogP contribution in [0.5, 0.6) is 5.75 Å². The minimum Gasteiger partial charge on any atom is -0.496 e. The number of fused-ring (bicyclic) bond motifs is 2. The molecule has 0 spiro atoms. The highest BCUT2D eigenvalue weighted by Gasteiger charge is 2.38. The molecule has 7 heteroatoms. The van der Waals surface area contributed by atoms with E-state index in [0.29, 0.717) is 6.54 Å². The lowest BCUT2D eigenvalue weighted by molar-refractivity contribution is -0.133. The van der Waals surface area contributed by atoms with E-state index in [9.17, 15) is 4.79 Å². The number of rotatable bonds is 6. The van der Waals surface area contributed by atoms with Crippen molar-refractivity contribution in [3.8, 4) is 5.75 Å². The molecule has 0 bridgehead atoms. The number of ether oxygens (including phenoxy) is 1. The second-order valence-electron chi connectivity index (χ2n) is 8.69. The summed E-state index contributed by atoms with van der Waals surface area (Å²) in [4.78, 5) is 25.2. The highest BCUT2D eigenvalue weighted by molar-refractivity contribution is 7.99. The number of amides is 1. The number of likely N-dealkylation sites (N-methyl/N-ethyl adjacent to an activating group) is 1. The van der Waals surface area contributed by atoms with Crippen LogP contribution < -0.4 is 4.74 Å². The zero-order valence-corrected chi connectivity index (χ0v) is 19.9. The summed E-state index contributed by atoms with van der Waals surface area (Å²) >= 11 is 1.73. The molecule has 6 nitrogen and oxygen atoms in total. The van der Waals surface area contributed by atoms with Gasteiger partial charge in [0, 0.05) is 37.8 Å². The number of aromatic amines is 1. The predicted octanol–water partition coefficient (Wildman–Crippen LogP) is 4.55. The molecule has 1 aromatic heterocycles. The summed E-state index contributed by atoms with van der Waals surface area (Å²) in [6.45, 7) is 1.54. The molecule has 4 aromatic rings. The Kier molecular flexibility index (Phi) is 6.00. The summed E-state index contributed by atoms with van der Waals surface area (Å²) in [5.41, 5.74) is 3.22. The van der Waals surface area contributed by atoms with Gasteiger partial charge in [0.25, 0.3) is 0 Å². The first kappa shape index (κ1) is 21.8. The van der Waals surface area contributed by atoms with E-state index in [-0.39, 0.29) is 17.2 Å². The molecule has 1 saturated heterocycles. The van der Waals surface area contributed by atoms with Crippen molar-refractivity contribution in [3.63, 3.8) is 0 Å². The third-order valence-corrected chi connectivity index (χ3v) is 7.40. The monoisotopic (exact) mass is 460 g/mol. The summed E-state index contributed by atoms with van der Waals surface area (Å²) in [6, 6.07) is 20.4. The molecule has 1 fully saturated rings. The van der Waals surface area contributed by atoms with Gasteiger partial charge in [0.05, 0.1) is 24.2 Å². The third kappa shape index (κ3) is 4.30. The second kappa shape index (κ2) is 9.08. The summed E-state index contributed by atoms with van der Waals surface area (Å²) in [5, 5.41) is 3.46. The SMILES string of the molecule is COc1ccc(CN2C[C@H](Sc3nc4ccccc4[nH]3)C[C@H]2C(=O)N(C)C)c2ccccc12. The normalized spacial score (nSPS) is 18.8. The molecule has 2 atom stereocenters. The minimum absolute atomic E-state index is 0.150. The van der Waals surface area contributed by atoms with Crippen molar-refractivity contribution < 1.29 is 9.53 Å². The molecule has 3 aromatic carbocycles. The Morgan fingerprint density at radius 3 is 2.64 bits per heavy atom. The lowest BCUT2D eigenvalue weighted by atomic mass is 10.0. The van der Waals surface area contributed by atoms with Crippen LogP contribution in [0.2, 0.25) is 0 Å². The Hall–Kier alpha value is -3.03. The number of benzene rings is 3. The first-order valence-electron chi connectivity index (χ1n) is 11.1. The average Bonchev–Trinajstić information content (AvgIpc) is 3.42. The number of imidazole rings is 1. The quantitative estimate of drug-likeness (QED) is 0.458. The average molecular weight is 461 g/mol. The highest BCUT2D eigenvalue weighted by Crippen LogP contribution is 2.35. The number of thioether (sulfide) groups is 1. The lowest BCUT2D eigenvalue weighted by Gasteiger charge is -2.26. The van der Waals surface area contributed by atoms with Crippen LogP contribution in [0.25, 0.3) is 21.8 Å². The largest absolute Gasteiger partial charge is 0.496 e. The zero-order valence-electron chi connectivity index (χ0n) is 19.1. The zero-order chi connectivity index (χ0) is 22.9. The van der Waals surface area contributed by atoms with Gasteiger partial charge in [-0.25, -0.2) is 4.98 Å². The Morgan fingerprint density at radius 2 is 1.88 bits per heavy atom. The van der Waals surface area contributed by atoms with Crippen LogP contribution in [-0.4, -0.2) is 64.7 Å². The Morgan fingerprint density at radius 1 is 1.12 bits per heavy atom. The van der Waals surface area contributed by atoms with E-state index in [1.54, 1.807) is 23.8 Å². The van der Waals surface area contributed by atoms with Crippen LogP contribution in [0.4, 0.5) is 0 Å². The van der Waals surface area contributed by atoms with Gasteiger partial charge in [-0.15, -0.1) is 0 Å². The number of methoxy groups -OCH3 is 1. The summed E-state index contributed by atoms with van der Waals surface area (Å²) in [6.07, 6.45) is 0.798. The molecular formula is C26H28N4O2S. The van der Waals surface area contributed by atoms with Gasteiger partial charge in [-0.1, -0.05) is 54.2 Å². The first-order chi connectivity index (χ1) is 16.0. The number of H-pyrrole nitrogens is 1. The molecule has 0 radical (unpaired) electrons. The highest BCUT2D eigenvalue weighted by atomic mass is 32.2. The molecule has 1 aliphatic rings. The van der Waals surface area contributed by atoms with E-state index in [0.717, 1.165) is 40.3 Å². The van der Waals surface area contributed by atoms with Crippen molar-refractivity contribution in [1.82, 2.24) is 19.8 Å². The fraction of sp³-hybridized carbons (Fsp3) is 0.308. The fourth-order valence-corrected chi connectivity index (χ4v) is 5.87. The third-order valence-electron chi connectivity index (χ3n) is 6.30. The summed E-state index contributed by atoms with van der Waals surface area (Å²) in [5.74, 6) is 1.02. The van der Waals surface area contributed by atoms with E-state index >= 15 is 0 Å². The van der Waals surface area contributed by atoms with Crippen LogP contribution in [0.1, 0.15) is 12.0 Å². The van der Waals surface area contributed by atoms with Gasteiger partial charge in [0.1, 0.15) is 5.75 Å². The molecule has 1 aliphatic heterocycles. The molecule has 1 amide bonds. The number of hydrogen-bond acceptors (Lipinski definition) is 5. The number of carbonyl (C=O) groups excluding carboxylic acids is 1. The molecule has 2 heterocycles. The van der Waals surface area contributed by atoms with E-state index in [2.05, 4.69) is 34.1 Å². The van der Waals surface area contributed by atoms with Gasteiger partial charge in [-0.3, -0.25) is 9.69 Å². The van der Waals surface area contributed by atoms with Gasteiger partial charge in [-0.2, -0.15) is 0 Å². The maximum atomic E-state index is 13.1. The Bertz CT molecular complexity index is 1270. The standard InChI is InChI=1S/C26H28N4O2S/c1-29(2)25(31)23-14-18(33-26-27-21-10-6-7-11-22(21)28-26)16-30(23)15-17-12-13-24(32-3)20-9-5-4-8-19(17)20/h4-13,18,23H,14-16H2,1-3H3,(H,27,28)/t18-,23+/m1/s1. The van der Waals surface area contributed by atoms with Crippen LogP contribution in [0.15, 0.2) is 65.8 Å². The maximum absolute atomic E-state index is 13.1. The molecule has 5 rings (SSSR count). The molecule has 33 heavy (non-hydrogen) atoms. The van der Waals surface area contributed by atoms with Gasteiger partial charge in [0.2, 0.25) is 5.91 Å². The van der Waals surface area contributed by atoms with Crippen molar-refractivity contribution in [1.29, 1.82) is 0 Å². The molecule has 0 unspecified atom stereocenters. The van der Waals surface area contributed by atoms with Gasteiger partial charge >= 0.3 is 0 Å². The molecule has 0 aliphatic carbocycles. The number of para-hydroxylation sites is 2. The van der Waals surface area contributed by atoms with Crippen molar-refractivity contribution in [2.24, 2.45) is 0 Å². The lowest BCUT2D eigenvalue weighted by Crippen LogP contribution is -2.42. The number of hydrogen-bond donors (Lipinski definition) is 1. The van der Waals surface area contributed by atoms with Crippen LogP contribution in [0.3, 0.4) is 0 Å². The number of carbonyl (C=O) groups is 1. The van der Waals surface area contributed by atoms with Gasteiger partial charge < -0.3 is 14.6 Å². The van der Waals surface area contributed by atoms with Crippen molar-refractivity contribution in [3.05, 3.63) is 66.2 Å². The maximum Gasteiger partial charge on any atom is 0.239 e. The first-order valence-corrected chi connectivity index (χ1v) is 12.0. The number of likely N-dealkylation sites (tertiary alicyclic amines) is 1. The van der Waals surface area contributed by atoms with Crippen LogP contribution in [0, 0.1) is 0 Å². The Balaban J connectivity index is 1.41. The van der Waals surface area contributed by atoms with Crippen LogP contribution >= 0.6 is 11.8 Å². The van der Waals surface area contributed by atoms with E-state index in [1.807, 2.05) is 50.5 Å². The van der Waals surface area contributed by atoms with E-state index < -0.39 is 0 Å². The second-order valence-corrected chi connectivity index (χ2v) is 9.97. The van der Waals surface area contributed by atoms with Crippen LogP contribution in [-0.2, 0) is 11.3 Å². The molecule has 1 N–H and O–H groups in total. The van der Waals surface area contributed by atoms with Gasteiger partial charge in [-0.05, 0) is 35.6 Å². The fourth-order valence-electron chi connectivity index (χ4n) is 4.69. The molecular weight excluding hydrogens is 432 g/mol. The smallest absolute Gasteiger partial charge is 0.239 e. The van der Waals surface area contributed by atoms with E-state index in [4.69, 9.17) is 9.72 Å². The number of nitrogens with zero attached hydrogens (tertiary/aromatic N) is 3. The minimum atomic E-state index is -0.150. The number of nitrogens with one attached hydrogen (secondary N) is 1. The Labute approximate surface area is 197 Å². The summed E-state index contributed by atoms with van der Waals surface area (Å²) < 4.78 is 5.56. The summed E-state index contributed by atoms with van der Waals surface area (Å²) in [7, 11) is 5.37.